The zero-order chi connectivity index (χ0) is 14.0. The minimum atomic E-state index is -0.0635. The first-order valence-electron chi connectivity index (χ1n) is 6.12. The molecule has 0 saturated carbocycles. The summed E-state index contributed by atoms with van der Waals surface area (Å²) in [5.74, 6) is -0.0635. The van der Waals surface area contributed by atoms with E-state index < -0.39 is 0 Å². The van der Waals surface area contributed by atoms with Crippen molar-refractivity contribution >= 4 is 34.2 Å². The van der Waals surface area contributed by atoms with Gasteiger partial charge in [0.05, 0.1) is 0 Å². The molecule has 0 aliphatic rings. The molecule has 0 spiro atoms. The summed E-state index contributed by atoms with van der Waals surface area (Å²) in [7, 11) is 0. The van der Waals surface area contributed by atoms with Crippen LogP contribution in [0.4, 0.5) is 5.69 Å². The predicted octanol–water partition coefficient (Wildman–Crippen LogP) is 4.47. The molecule has 0 aromatic heterocycles. The Morgan fingerprint density at radius 1 is 1.00 bits per heavy atom. The van der Waals surface area contributed by atoms with Crippen LogP contribution in [0.25, 0.3) is 0 Å². The van der Waals surface area contributed by atoms with Crippen molar-refractivity contribution in [3.8, 4) is 0 Å². The maximum atomic E-state index is 12.2. The van der Waals surface area contributed by atoms with Gasteiger partial charge in [-0.15, -0.1) is 0 Å². The molecule has 0 bridgehead atoms. The molecule has 1 amide bonds. The highest BCUT2D eigenvalue weighted by Gasteiger charge is 2.10. The lowest BCUT2D eigenvalue weighted by Gasteiger charge is -2.13. The number of benzene rings is 2. The van der Waals surface area contributed by atoms with E-state index in [9.17, 15) is 4.79 Å². The Kier molecular flexibility index (Phi) is 4.24. The summed E-state index contributed by atoms with van der Waals surface area (Å²) in [6, 6.07) is 11.7. The molecule has 0 unspecified atom stereocenters. The summed E-state index contributed by atoms with van der Waals surface area (Å²) < 4.78 is 1.12. The van der Waals surface area contributed by atoms with Gasteiger partial charge in [0.25, 0.3) is 5.91 Å². The van der Waals surface area contributed by atoms with E-state index in [2.05, 4.69) is 47.0 Å². The van der Waals surface area contributed by atoms with Gasteiger partial charge in [-0.3, -0.25) is 4.79 Å². The standard InChI is InChI=1S/C16H16INO/c1-10-8-11(2)15(12(3)9-10)18-16(19)13-4-6-14(17)7-5-13/h4-9H,1-3H3,(H,18,19). The van der Waals surface area contributed by atoms with Crippen LogP contribution in [-0.2, 0) is 0 Å². The highest BCUT2D eigenvalue weighted by atomic mass is 127. The Bertz CT molecular complexity index is 594. The van der Waals surface area contributed by atoms with Gasteiger partial charge in [0.2, 0.25) is 0 Å². The SMILES string of the molecule is Cc1cc(C)c(NC(=O)c2ccc(I)cc2)c(C)c1. The molecule has 98 valence electrons. The summed E-state index contributed by atoms with van der Waals surface area (Å²) >= 11 is 2.23. The second-order valence-corrected chi connectivity index (χ2v) is 5.98. The molecular weight excluding hydrogens is 349 g/mol. The Balaban J connectivity index is 2.26. The molecule has 2 rings (SSSR count). The van der Waals surface area contributed by atoms with Crippen molar-refractivity contribution in [3.05, 3.63) is 62.2 Å². The summed E-state index contributed by atoms with van der Waals surface area (Å²) in [5.41, 5.74) is 4.99. The zero-order valence-electron chi connectivity index (χ0n) is 11.3. The summed E-state index contributed by atoms with van der Waals surface area (Å²) in [6.45, 7) is 6.10. The lowest BCUT2D eigenvalue weighted by molar-refractivity contribution is 0.102. The molecule has 0 aliphatic heterocycles. The minimum absolute atomic E-state index is 0.0635. The predicted molar refractivity (Wildman–Crippen MR) is 87.8 cm³/mol. The second kappa shape index (κ2) is 5.74. The summed E-state index contributed by atoms with van der Waals surface area (Å²) in [5, 5.41) is 3.00. The number of carbonyl (C=O) groups is 1. The van der Waals surface area contributed by atoms with Gasteiger partial charge < -0.3 is 5.32 Å². The fraction of sp³-hybridized carbons (Fsp3) is 0.188. The largest absolute Gasteiger partial charge is 0.322 e. The Morgan fingerprint density at radius 2 is 1.53 bits per heavy atom. The first kappa shape index (κ1) is 14.1. The van der Waals surface area contributed by atoms with Gasteiger partial charge in [-0.1, -0.05) is 17.7 Å². The molecule has 0 heterocycles. The van der Waals surface area contributed by atoms with Gasteiger partial charge in [0, 0.05) is 14.8 Å². The quantitative estimate of drug-likeness (QED) is 0.782. The number of rotatable bonds is 2. The number of hydrogen-bond acceptors (Lipinski definition) is 1. The molecular formula is C16H16INO. The number of halogens is 1. The molecule has 2 aromatic carbocycles. The third kappa shape index (κ3) is 3.35. The molecule has 0 aliphatic carbocycles. The van der Waals surface area contributed by atoms with E-state index >= 15 is 0 Å². The van der Waals surface area contributed by atoms with Crippen molar-refractivity contribution in [2.24, 2.45) is 0 Å². The van der Waals surface area contributed by atoms with Gasteiger partial charge in [-0.05, 0) is 78.8 Å². The van der Waals surface area contributed by atoms with Gasteiger partial charge >= 0.3 is 0 Å². The zero-order valence-corrected chi connectivity index (χ0v) is 13.4. The van der Waals surface area contributed by atoms with Crippen LogP contribution in [0.3, 0.4) is 0 Å². The summed E-state index contributed by atoms with van der Waals surface area (Å²) in [4.78, 5) is 12.2. The van der Waals surface area contributed by atoms with Gasteiger partial charge in [-0.2, -0.15) is 0 Å². The molecule has 0 atom stereocenters. The summed E-state index contributed by atoms with van der Waals surface area (Å²) in [6.07, 6.45) is 0. The highest BCUT2D eigenvalue weighted by Crippen LogP contribution is 2.22. The van der Waals surface area contributed by atoms with Crippen LogP contribution in [0, 0.1) is 24.3 Å². The van der Waals surface area contributed by atoms with E-state index in [1.165, 1.54) is 5.56 Å². The third-order valence-electron chi connectivity index (χ3n) is 3.02. The number of anilines is 1. The molecule has 3 heteroatoms. The number of carbonyl (C=O) groups excluding carboxylic acids is 1. The van der Waals surface area contributed by atoms with Gasteiger partial charge in [0.1, 0.15) is 0 Å². The molecule has 2 nitrogen and oxygen atoms in total. The number of amides is 1. The van der Waals surface area contributed by atoms with Gasteiger partial charge in [0.15, 0.2) is 0 Å². The van der Waals surface area contributed by atoms with Crippen molar-refractivity contribution in [2.75, 3.05) is 5.32 Å². The first-order chi connectivity index (χ1) is 8.97. The van der Waals surface area contributed by atoms with Crippen LogP contribution in [0.1, 0.15) is 27.0 Å². The molecule has 0 radical (unpaired) electrons. The van der Waals surface area contributed by atoms with Crippen molar-refractivity contribution < 1.29 is 4.79 Å². The van der Waals surface area contributed by atoms with E-state index in [1.807, 2.05) is 38.1 Å². The van der Waals surface area contributed by atoms with Crippen molar-refractivity contribution in [1.82, 2.24) is 0 Å². The average molecular weight is 365 g/mol. The molecule has 0 saturated heterocycles. The van der Waals surface area contributed by atoms with E-state index in [4.69, 9.17) is 0 Å². The maximum absolute atomic E-state index is 12.2. The third-order valence-corrected chi connectivity index (χ3v) is 3.74. The lowest BCUT2D eigenvalue weighted by Crippen LogP contribution is -2.13. The number of aryl methyl sites for hydroxylation is 3. The van der Waals surface area contributed by atoms with Crippen LogP contribution in [0.5, 0.6) is 0 Å². The minimum Gasteiger partial charge on any atom is -0.322 e. The first-order valence-corrected chi connectivity index (χ1v) is 7.20. The van der Waals surface area contributed by atoms with E-state index in [0.717, 1.165) is 20.4 Å². The normalized spacial score (nSPS) is 10.3. The van der Waals surface area contributed by atoms with Gasteiger partial charge in [-0.25, -0.2) is 0 Å². The van der Waals surface area contributed by atoms with E-state index in [1.54, 1.807) is 0 Å². The smallest absolute Gasteiger partial charge is 0.255 e. The van der Waals surface area contributed by atoms with E-state index in [-0.39, 0.29) is 5.91 Å². The van der Waals surface area contributed by atoms with Crippen molar-refractivity contribution in [3.63, 3.8) is 0 Å². The Labute approximate surface area is 127 Å². The maximum Gasteiger partial charge on any atom is 0.255 e. The molecule has 19 heavy (non-hydrogen) atoms. The Morgan fingerprint density at radius 3 is 2.05 bits per heavy atom. The van der Waals surface area contributed by atoms with Crippen LogP contribution in [0.15, 0.2) is 36.4 Å². The Hall–Kier alpha value is -1.36. The van der Waals surface area contributed by atoms with E-state index in [0.29, 0.717) is 5.56 Å². The van der Waals surface area contributed by atoms with Crippen molar-refractivity contribution in [2.45, 2.75) is 20.8 Å². The highest BCUT2D eigenvalue weighted by molar-refractivity contribution is 14.1. The number of hydrogen-bond donors (Lipinski definition) is 1. The van der Waals surface area contributed by atoms with Crippen LogP contribution in [0.2, 0.25) is 0 Å². The topological polar surface area (TPSA) is 29.1 Å². The van der Waals surface area contributed by atoms with Crippen LogP contribution >= 0.6 is 22.6 Å². The van der Waals surface area contributed by atoms with Crippen LogP contribution in [-0.4, -0.2) is 5.91 Å². The molecule has 0 fully saturated rings. The fourth-order valence-electron chi connectivity index (χ4n) is 2.16. The molecule has 2 aromatic rings. The second-order valence-electron chi connectivity index (χ2n) is 4.73. The molecule has 1 N–H and O–H groups in total. The van der Waals surface area contributed by atoms with Crippen molar-refractivity contribution in [1.29, 1.82) is 0 Å². The van der Waals surface area contributed by atoms with Crippen LogP contribution < -0.4 is 5.32 Å². The average Bonchev–Trinajstić information content (AvgIpc) is 2.34. The fourth-order valence-corrected chi connectivity index (χ4v) is 2.52. The lowest BCUT2D eigenvalue weighted by atomic mass is 10.0. The monoisotopic (exact) mass is 365 g/mol. The number of nitrogens with one attached hydrogen (secondary N) is 1.